The first-order chi connectivity index (χ1) is 10.6. The number of nitrogens with one attached hydrogen (secondary N) is 1. The van der Waals surface area contributed by atoms with Crippen LogP contribution in [0.4, 0.5) is 5.69 Å². The van der Waals surface area contributed by atoms with Crippen molar-refractivity contribution in [3.63, 3.8) is 0 Å². The first kappa shape index (κ1) is 15.2. The molecule has 2 aromatic carbocycles. The van der Waals surface area contributed by atoms with Crippen molar-refractivity contribution in [1.29, 1.82) is 0 Å². The highest BCUT2D eigenvalue weighted by atomic mass is 35.5. The molecule has 0 aliphatic heterocycles. The van der Waals surface area contributed by atoms with Crippen molar-refractivity contribution in [1.82, 2.24) is 4.98 Å². The molecule has 3 nitrogen and oxygen atoms in total. The summed E-state index contributed by atoms with van der Waals surface area (Å²) in [6.45, 7) is 1.98. The van der Waals surface area contributed by atoms with Gasteiger partial charge in [0.25, 0.3) is 0 Å². The molecule has 0 bridgehead atoms. The predicted molar refractivity (Wildman–Crippen MR) is 93.8 cm³/mol. The van der Waals surface area contributed by atoms with E-state index in [2.05, 4.69) is 9.71 Å². The van der Waals surface area contributed by atoms with E-state index in [0.717, 1.165) is 22.0 Å². The van der Waals surface area contributed by atoms with Gasteiger partial charge in [-0.3, -0.25) is 0 Å². The molecular weight excluding hydrogens is 336 g/mol. The fourth-order valence-electron chi connectivity index (χ4n) is 1.96. The summed E-state index contributed by atoms with van der Waals surface area (Å²) < 4.78 is 15.3. The largest absolute Gasteiger partial charge is 0.301 e. The third kappa shape index (κ3) is 3.55. The number of hydrogen-bond acceptors (Lipinski definition) is 3. The lowest BCUT2D eigenvalue weighted by atomic mass is 10.1. The van der Waals surface area contributed by atoms with E-state index in [1.165, 1.54) is 0 Å². The van der Waals surface area contributed by atoms with E-state index in [0.29, 0.717) is 9.92 Å². The number of nitrogens with zero attached hydrogens (tertiary/aromatic N) is 1. The summed E-state index contributed by atoms with van der Waals surface area (Å²) in [6, 6.07) is 14.7. The molecule has 0 saturated carbocycles. The zero-order chi connectivity index (χ0) is 15.5. The molecule has 1 heterocycles. The summed E-state index contributed by atoms with van der Waals surface area (Å²) in [5.41, 5.74) is 2.72. The van der Waals surface area contributed by atoms with Gasteiger partial charge in [0.1, 0.15) is 11.0 Å². The molecular formula is C16H13ClN2OS2. The number of rotatable bonds is 4. The van der Waals surface area contributed by atoms with Crippen LogP contribution >= 0.6 is 22.9 Å². The zero-order valence-electron chi connectivity index (χ0n) is 11.7. The van der Waals surface area contributed by atoms with Crippen LogP contribution in [0.2, 0.25) is 5.02 Å². The van der Waals surface area contributed by atoms with Crippen molar-refractivity contribution in [3.05, 3.63) is 63.9 Å². The Balaban J connectivity index is 1.81. The minimum absolute atomic E-state index is 0.627. The minimum atomic E-state index is -1.33. The molecule has 0 aliphatic carbocycles. The number of aryl methyl sites for hydroxylation is 1. The van der Waals surface area contributed by atoms with E-state index in [-0.39, 0.29) is 0 Å². The van der Waals surface area contributed by atoms with Crippen LogP contribution in [0.3, 0.4) is 0 Å². The smallest absolute Gasteiger partial charge is 0.150 e. The molecule has 3 aromatic rings. The third-order valence-corrected chi connectivity index (χ3v) is 5.16. The molecule has 0 saturated heterocycles. The highest BCUT2D eigenvalue weighted by molar-refractivity contribution is 7.86. The van der Waals surface area contributed by atoms with Gasteiger partial charge in [-0.1, -0.05) is 23.7 Å². The van der Waals surface area contributed by atoms with Gasteiger partial charge >= 0.3 is 0 Å². The lowest BCUT2D eigenvalue weighted by molar-refractivity contribution is 0.686. The summed E-state index contributed by atoms with van der Waals surface area (Å²) in [4.78, 5) is 5.15. The highest BCUT2D eigenvalue weighted by Gasteiger charge is 2.07. The molecule has 1 aromatic heterocycles. The van der Waals surface area contributed by atoms with Crippen LogP contribution in [0.25, 0.3) is 11.3 Å². The van der Waals surface area contributed by atoms with E-state index in [4.69, 9.17) is 11.6 Å². The predicted octanol–water partition coefficient (Wildman–Crippen LogP) is 4.91. The van der Waals surface area contributed by atoms with E-state index in [9.17, 15) is 4.21 Å². The van der Waals surface area contributed by atoms with E-state index in [1.807, 2.05) is 36.6 Å². The Labute approximate surface area is 140 Å². The normalized spacial score (nSPS) is 12.1. The highest BCUT2D eigenvalue weighted by Crippen LogP contribution is 2.25. The number of thiazole rings is 1. The molecule has 0 aliphatic rings. The second kappa shape index (κ2) is 6.60. The summed E-state index contributed by atoms with van der Waals surface area (Å²) in [6.07, 6.45) is 0. The molecule has 6 heteroatoms. The van der Waals surface area contributed by atoms with Crippen molar-refractivity contribution in [2.45, 2.75) is 11.8 Å². The molecule has 1 atom stereocenters. The lowest BCUT2D eigenvalue weighted by Crippen LogP contribution is -2.04. The average Bonchev–Trinajstić information content (AvgIpc) is 2.95. The van der Waals surface area contributed by atoms with Crippen LogP contribution in [0, 0.1) is 6.92 Å². The SMILES string of the molecule is Cc1nc(-c2cccc(NS(=O)c3ccc(Cl)cc3)c2)cs1. The molecule has 0 spiro atoms. The summed E-state index contributed by atoms with van der Waals surface area (Å²) >= 11 is 7.46. The van der Waals surface area contributed by atoms with Gasteiger partial charge in [-0.15, -0.1) is 11.3 Å². The number of hydrogen-bond donors (Lipinski definition) is 1. The summed E-state index contributed by atoms with van der Waals surface area (Å²) in [5, 5.41) is 3.67. The Morgan fingerprint density at radius 1 is 1.18 bits per heavy atom. The molecule has 0 amide bonds. The summed E-state index contributed by atoms with van der Waals surface area (Å²) in [7, 11) is -1.33. The van der Waals surface area contributed by atoms with E-state index >= 15 is 0 Å². The van der Waals surface area contributed by atoms with E-state index < -0.39 is 11.0 Å². The van der Waals surface area contributed by atoms with Crippen LogP contribution in [0.15, 0.2) is 58.8 Å². The van der Waals surface area contributed by atoms with Gasteiger partial charge in [-0.05, 0) is 43.3 Å². The summed E-state index contributed by atoms with van der Waals surface area (Å²) in [5.74, 6) is 0. The molecule has 22 heavy (non-hydrogen) atoms. The average molecular weight is 349 g/mol. The first-order valence-electron chi connectivity index (χ1n) is 6.58. The Morgan fingerprint density at radius 2 is 1.95 bits per heavy atom. The Bertz CT molecular complexity index is 815. The van der Waals surface area contributed by atoms with Crippen molar-refractivity contribution in [3.8, 4) is 11.3 Å². The van der Waals surface area contributed by atoms with Gasteiger partial charge in [0.2, 0.25) is 0 Å². The standard InChI is InChI=1S/C16H13ClN2OS2/c1-11-18-16(10-21-11)12-3-2-4-14(9-12)19-22(20)15-7-5-13(17)6-8-15/h2-10,19H,1H3. The lowest BCUT2D eigenvalue weighted by Gasteiger charge is -2.07. The molecule has 0 fully saturated rings. The monoisotopic (exact) mass is 348 g/mol. The first-order valence-corrected chi connectivity index (χ1v) is 8.99. The number of aromatic nitrogens is 1. The van der Waals surface area contributed by atoms with Crippen molar-refractivity contribution >= 4 is 39.6 Å². The molecule has 1 N–H and O–H groups in total. The number of halogens is 1. The van der Waals surface area contributed by atoms with Gasteiger partial charge in [0.05, 0.1) is 15.6 Å². The Morgan fingerprint density at radius 3 is 2.64 bits per heavy atom. The number of benzene rings is 2. The van der Waals surface area contributed by atoms with Gasteiger partial charge in [0, 0.05) is 21.7 Å². The zero-order valence-corrected chi connectivity index (χ0v) is 14.1. The molecule has 1 unspecified atom stereocenters. The molecule has 112 valence electrons. The third-order valence-electron chi connectivity index (χ3n) is 3.02. The maximum Gasteiger partial charge on any atom is 0.150 e. The van der Waals surface area contributed by atoms with Gasteiger partial charge in [0.15, 0.2) is 0 Å². The van der Waals surface area contributed by atoms with Gasteiger partial charge in [-0.25, -0.2) is 9.19 Å². The van der Waals surface area contributed by atoms with Crippen LogP contribution < -0.4 is 4.72 Å². The van der Waals surface area contributed by atoms with Crippen LogP contribution in [-0.2, 0) is 11.0 Å². The topological polar surface area (TPSA) is 42.0 Å². The van der Waals surface area contributed by atoms with Crippen molar-refractivity contribution in [2.24, 2.45) is 0 Å². The fraction of sp³-hybridized carbons (Fsp3) is 0.0625. The Kier molecular flexibility index (Phi) is 4.57. The maximum absolute atomic E-state index is 12.3. The fourth-order valence-corrected chi connectivity index (χ4v) is 3.55. The second-order valence-corrected chi connectivity index (χ2v) is 7.37. The second-order valence-electron chi connectivity index (χ2n) is 4.66. The quantitative estimate of drug-likeness (QED) is 0.728. The Hall–Kier alpha value is -1.69. The van der Waals surface area contributed by atoms with Gasteiger partial charge < -0.3 is 4.72 Å². The van der Waals surface area contributed by atoms with E-state index in [1.54, 1.807) is 35.6 Å². The van der Waals surface area contributed by atoms with Crippen molar-refractivity contribution in [2.75, 3.05) is 4.72 Å². The van der Waals surface area contributed by atoms with Crippen LogP contribution in [0.1, 0.15) is 5.01 Å². The minimum Gasteiger partial charge on any atom is -0.301 e. The van der Waals surface area contributed by atoms with Crippen LogP contribution in [0.5, 0.6) is 0 Å². The van der Waals surface area contributed by atoms with Crippen molar-refractivity contribution < 1.29 is 4.21 Å². The number of anilines is 1. The molecule has 0 radical (unpaired) electrons. The maximum atomic E-state index is 12.3. The molecule has 3 rings (SSSR count). The van der Waals surface area contributed by atoms with Gasteiger partial charge in [-0.2, -0.15) is 0 Å². The van der Waals surface area contributed by atoms with Crippen LogP contribution in [-0.4, -0.2) is 9.19 Å².